The lowest BCUT2D eigenvalue weighted by Gasteiger charge is -2.36. The molecule has 1 aliphatic carbocycles. The molecule has 0 spiro atoms. The zero-order valence-electron chi connectivity index (χ0n) is 20.2. The van der Waals surface area contributed by atoms with Crippen molar-refractivity contribution in [2.75, 3.05) is 13.1 Å². The number of likely N-dealkylation sites (tertiary alicyclic amines) is 1. The molecule has 2 aromatic carbocycles. The van der Waals surface area contributed by atoms with E-state index in [1.54, 1.807) is 0 Å². The van der Waals surface area contributed by atoms with Crippen molar-refractivity contribution in [2.24, 2.45) is 5.92 Å². The van der Waals surface area contributed by atoms with E-state index in [-0.39, 0.29) is 35.7 Å². The number of aryl methyl sites for hydroxylation is 2. The van der Waals surface area contributed by atoms with Crippen LogP contribution in [0, 0.1) is 19.8 Å². The van der Waals surface area contributed by atoms with Gasteiger partial charge in [-0.15, -0.1) is 0 Å². The molecule has 1 saturated heterocycles. The highest BCUT2D eigenvalue weighted by molar-refractivity contribution is 5.96. The summed E-state index contributed by atoms with van der Waals surface area (Å²) in [7, 11) is 0. The van der Waals surface area contributed by atoms with Crippen LogP contribution in [0.1, 0.15) is 70.4 Å². The van der Waals surface area contributed by atoms with Crippen molar-refractivity contribution in [2.45, 2.75) is 64.5 Å². The fraction of sp³-hybridized carbons (Fsp3) is 0.464. The lowest BCUT2D eigenvalue weighted by Crippen LogP contribution is -2.55. The van der Waals surface area contributed by atoms with E-state index >= 15 is 0 Å². The maximum Gasteiger partial charge on any atom is 0.254 e. The first-order chi connectivity index (χ1) is 16.4. The highest BCUT2D eigenvalue weighted by Crippen LogP contribution is 2.23. The van der Waals surface area contributed by atoms with E-state index in [1.165, 1.54) is 0 Å². The minimum atomic E-state index is -0.101. The molecule has 1 aliphatic heterocycles. The van der Waals surface area contributed by atoms with Crippen molar-refractivity contribution in [3.8, 4) is 0 Å². The maximum atomic E-state index is 13.1. The number of rotatable bonds is 5. The topological polar surface area (TPSA) is 78.5 Å². The van der Waals surface area contributed by atoms with E-state index < -0.39 is 0 Å². The lowest BCUT2D eigenvalue weighted by atomic mass is 9.88. The third-order valence-electron chi connectivity index (χ3n) is 7.33. The van der Waals surface area contributed by atoms with Crippen molar-refractivity contribution in [3.63, 3.8) is 0 Å². The molecule has 3 amide bonds. The van der Waals surface area contributed by atoms with Crippen LogP contribution in [0.2, 0.25) is 0 Å². The molecular weight excluding hydrogens is 426 g/mol. The standard InChI is InChI=1S/C28H35N3O3/c1-19-9-3-5-11-22(19)27(33)30-25-14-8-7-13-24(25)29-26(32)21-15-17-31(18-16-21)28(34)23-12-6-4-10-20(23)2/h3-6,9-12,21,24-25H,7-8,13-18H2,1-2H3,(H,29,32)(H,30,33)/t24-,25-/m1/s1. The number of nitrogens with zero attached hydrogens (tertiary/aromatic N) is 1. The van der Waals surface area contributed by atoms with Crippen molar-refractivity contribution in [1.82, 2.24) is 15.5 Å². The summed E-state index contributed by atoms with van der Waals surface area (Å²) in [5, 5.41) is 6.41. The molecule has 1 heterocycles. The van der Waals surface area contributed by atoms with Crippen LogP contribution in [0.3, 0.4) is 0 Å². The van der Waals surface area contributed by atoms with E-state index in [2.05, 4.69) is 10.6 Å². The van der Waals surface area contributed by atoms with Gasteiger partial charge in [0, 0.05) is 42.2 Å². The average Bonchev–Trinajstić information content (AvgIpc) is 2.85. The van der Waals surface area contributed by atoms with Gasteiger partial charge in [-0.05, 0) is 62.8 Å². The third-order valence-corrected chi connectivity index (χ3v) is 7.33. The minimum Gasteiger partial charge on any atom is -0.351 e. The highest BCUT2D eigenvalue weighted by Gasteiger charge is 2.33. The quantitative estimate of drug-likeness (QED) is 0.706. The molecule has 2 fully saturated rings. The van der Waals surface area contributed by atoms with Gasteiger partial charge in [-0.25, -0.2) is 0 Å². The molecule has 6 nitrogen and oxygen atoms in total. The van der Waals surface area contributed by atoms with Crippen molar-refractivity contribution >= 4 is 17.7 Å². The van der Waals surface area contributed by atoms with Gasteiger partial charge in [0.2, 0.25) is 5.91 Å². The van der Waals surface area contributed by atoms with Gasteiger partial charge >= 0.3 is 0 Å². The predicted octanol–water partition coefficient (Wildman–Crippen LogP) is 4.01. The number of nitrogens with one attached hydrogen (secondary N) is 2. The number of benzene rings is 2. The first-order valence-electron chi connectivity index (χ1n) is 12.5. The van der Waals surface area contributed by atoms with Crippen LogP contribution in [0.15, 0.2) is 48.5 Å². The number of hydrogen-bond acceptors (Lipinski definition) is 3. The fourth-order valence-electron chi connectivity index (χ4n) is 5.18. The number of carbonyl (C=O) groups is 3. The van der Waals surface area contributed by atoms with E-state index in [4.69, 9.17) is 0 Å². The van der Waals surface area contributed by atoms with Crippen LogP contribution >= 0.6 is 0 Å². The Hall–Kier alpha value is -3.15. The second-order valence-corrected chi connectivity index (χ2v) is 9.68. The smallest absolute Gasteiger partial charge is 0.254 e. The van der Waals surface area contributed by atoms with Gasteiger partial charge in [-0.1, -0.05) is 49.2 Å². The fourth-order valence-corrected chi connectivity index (χ4v) is 5.18. The molecule has 2 N–H and O–H groups in total. The summed E-state index contributed by atoms with van der Waals surface area (Å²) < 4.78 is 0. The van der Waals surface area contributed by atoms with Crippen LogP contribution in [0.4, 0.5) is 0 Å². The largest absolute Gasteiger partial charge is 0.351 e. The summed E-state index contributed by atoms with van der Waals surface area (Å²) in [6, 6.07) is 15.1. The third kappa shape index (κ3) is 5.49. The monoisotopic (exact) mass is 461 g/mol. The molecule has 1 saturated carbocycles. The van der Waals surface area contributed by atoms with Crippen molar-refractivity contribution in [1.29, 1.82) is 0 Å². The Labute approximate surface area is 202 Å². The lowest BCUT2D eigenvalue weighted by molar-refractivity contribution is -0.127. The Morgan fingerprint density at radius 2 is 1.26 bits per heavy atom. The Bertz CT molecular complexity index is 1040. The van der Waals surface area contributed by atoms with Crippen LogP contribution in [0.25, 0.3) is 0 Å². The second-order valence-electron chi connectivity index (χ2n) is 9.68. The molecule has 180 valence electrons. The molecule has 2 aromatic rings. The summed E-state index contributed by atoms with van der Waals surface area (Å²) in [6.07, 6.45) is 5.16. The first kappa shape index (κ1) is 24.0. The Morgan fingerprint density at radius 1 is 0.735 bits per heavy atom. The summed E-state index contributed by atoms with van der Waals surface area (Å²) in [5.41, 5.74) is 3.34. The molecule has 34 heavy (non-hydrogen) atoms. The summed E-state index contributed by atoms with van der Waals surface area (Å²) >= 11 is 0. The van der Waals surface area contributed by atoms with Crippen LogP contribution < -0.4 is 10.6 Å². The first-order valence-corrected chi connectivity index (χ1v) is 12.5. The molecule has 6 heteroatoms. The average molecular weight is 462 g/mol. The van der Waals surface area contributed by atoms with Gasteiger partial charge in [0.1, 0.15) is 0 Å². The van der Waals surface area contributed by atoms with Gasteiger partial charge in [0.25, 0.3) is 11.8 Å². The normalized spacial score (nSPS) is 21.1. The molecular formula is C28H35N3O3. The van der Waals surface area contributed by atoms with Crippen LogP contribution in [0.5, 0.6) is 0 Å². The maximum absolute atomic E-state index is 13.1. The minimum absolute atomic E-state index is 0.0446. The summed E-state index contributed by atoms with van der Waals surface area (Å²) in [5.74, 6) is -0.0870. The summed E-state index contributed by atoms with van der Waals surface area (Å²) in [6.45, 7) is 5.06. The van der Waals surface area contributed by atoms with Gasteiger partial charge in [0.15, 0.2) is 0 Å². The van der Waals surface area contributed by atoms with Crippen LogP contribution in [-0.4, -0.2) is 47.8 Å². The Morgan fingerprint density at radius 3 is 1.85 bits per heavy atom. The van der Waals surface area contributed by atoms with E-state index in [9.17, 15) is 14.4 Å². The second kappa shape index (κ2) is 10.9. The van der Waals surface area contributed by atoms with Gasteiger partial charge in [-0.2, -0.15) is 0 Å². The number of hydrogen-bond donors (Lipinski definition) is 2. The Balaban J connectivity index is 1.32. The summed E-state index contributed by atoms with van der Waals surface area (Å²) in [4.78, 5) is 40.7. The van der Waals surface area contributed by atoms with Gasteiger partial charge < -0.3 is 15.5 Å². The number of piperidine rings is 1. The molecule has 2 atom stereocenters. The highest BCUT2D eigenvalue weighted by atomic mass is 16.2. The van der Waals surface area contributed by atoms with Gasteiger partial charge in [0.05, 0.1) is 0 Å². The SMILES string of the molecule is Cc1ccccc1C(=O)N[C@@H]1CCCC[C@H]1NC(=O)C1CCN(C(=O)c2ccccc2C)CC1. The van der Waals surface area contributed by atoms with E-state index in [0.717, 1.165) is 42.4 Å². The molecule has 4 rings (SSSR count). The van der Waals surface area contributed by atoms with Crippen molar-refractivity contribution < 1.29 is 14.4 Å². The van der Waals surface area contributed by atoms with E-state index in [1.807, 2.05) is 67.3 Å². The zero-order chi connectivity index (χ0) is 24.1. The zero-order valence-corrected chi connectivity index (χ0v) is 20.2. The predicted molar refractivity (Wildman–Crippen MR) is 133 cm³/mol. The number of amides is 3. The molecule has 2 aliphatic rings. The molecule has 0 radical (unpaired) electrons. The van der Waals surface area contributed by atoms with E-state index in [0.29, 0.717) is 31.5 Å². The van der Waals surface area contributed by atoms with Gasteiger partial charge in [-0.3, -0.25) is 14.4 Å². The van der Waals surface area contributed by atoms with Crippen LogP contribution in [-0.2, 0) is 4.79 Å². The molecule has 0 aromatic heterocycles. The van der Waals surface area contributed by atoms with Crippen molar-refractivity contribution in [3.05, 3.63) is 70.8 Å². The Kier molecular flexibility index (Phi) is 7.66. The molecule has 0 bridgehead atoms. The molecule has 0 unspecified atom stereocenters. The number of carbonyl (C=O) groups excluding carboxylic acids is 3.